The molecule has 0 saturated carbocycles. The standard InChI is InChI=1S/C26H25F3N4O2S/c1-32-9-7-17(8-10-32)16-35-21-13-30-24(31-14-21)19-4-2-3-18(11-19)15-33-22-12-20(26(27,28)29)5-6-23(22)36-25(33)34/h2-6,11-14,17H,7-10,15-16H2,1H3. The smallest absolute Gasteiger partial charge is 0.416 e. The fourth-order valence-electron chi connectivity index (χ4n) is 4.36. The molecule has 0 N–H and O–H groups in total. The number of likely N-dealkylation sites (tertiary alicyclic amines) is 1. The first kappa shape index (κ1) is 24.5. The summed E-state index contributed by atoms with van der Waals surface area (Å²) in [4.78, 5) is 23.4. The molecule has 1 aliphatic rings. The second kappa shape index (κ2) is 10.0. The highest BCUT2D eigenvalue weighted by Gasteiger charge is 2.31. The monoisotopic (exact) mass is 514 g/mol. The molecule has 0 bridgehead atoms. The van der Waals surface area contributed by atoms with Crippen LogP contribution in [0.5, 0.6) is 5.75 Å². The number of benzene rings is 2. The van der Waals surface area contributed by atoms with Crippen LogP contribution >= 0.6 is 11.3 Å². The van der Waals surface area contributed by atoms with Crippen molar-refractivity contribution in [2.75, 3.05) is 26.7 Å². The van der Waals surface area contributed by atoms with Gasteiger partial charge in [0, 0.05) is 5.56 Å². The van der Waals surface area contributed by atoms with Crippen molar-refractivity contribution in [3.05, 3.63) is 75.7 Å². The largest absolute Gasteiger partial charge is 0.490 e. The fraction of sp³-hybridized carbons (Fsp3) is 0.346. The van der Waals surface area contributed by atoms with Crippen molar-refractivity contribution in [3.8, 4) is 17.1 Å². The minimum absolute atomic E-state index is 0.145. The van der Waals surface area contributed by atoms with Crippen molar-refractivity contribution < 1.29 is 17.9 Å². The predicted octanol–water partition coefficient (Wildman–Crippen LogP) is 5.31. The maximum Gasteiger partial charge on any atom is 0.416 e. The van der Waals surface area contributed by atoms with E-state index in [1.165, 1.54) is 10.6 Å². The van der Waals surface area contributed by atoms with Crippen LogP contribution in [-0.2, 0) is 12.7 Å². The molecule has 1 saturated heterocycles. The number of fused-ring (bicyclic) bond motifs is 1. The van der Waals surface area contributed by atoms with Crippen LogP contribution < -0.4 is 9.61 Å². The summed E-state index contributed by atoms with van der Waals surface area (Å²) in [5, 5.41) is 0. The van der Waals surface area contributed by atoms with Gasteiger partial charge in [-0.1, -0.05) is 29.5 Å². The van der Waals surface area contributed by atoms with Crippen molar-refractivity contribution in [3.63, 3.8) is 0 Å². The summed E-state index contributed by atoms with van der Waals surface area (Å²) in [6, 6.07) is 10.7. The Morgan fingerprint density at radius 1 is 1.08 bits per heavy atom. The highest BCUT2D eigenvalue weighted by atomic mass is 32.1. The molecule has 188 valence electrons. The third-order valence-electron chi connectivity index (χ3n) is 6.47. The van der Waals surface area contributed by atoms with E-state index < -0.39 is 11.7 Å². The van der Waals surface area contributed by atoms with E-state index in [4.69, 9.17) is 4.74 Å². The lowest BCUT2D eigenvalue weighted by Gasteiger charge is -2.28. The van der Waals surface area contributed by atoms with Crippen LogP contribution in [0.1, 0.15) is 24.0 Å². The normalized spacial score (nSPS) is 15.4. The Morgan fingerprint density at radius 3 is 2.56 bits per heavy atom. The van der Waals surface area contributed by atoms with E-state index in [1.807, 2.05) is 24.3 Å². The van der Waals surface area contributed by atoms with Crippen molar-refractivity contribution in [1.29, 1.82) is 0 Å². The second-order valence-electron chi connectivity index (χ2n) is 9.13. The van der Waals surface area contributed by atoms with Gasteiger partial charge in [0.05, 0.1) is 41.3 Å². The average Bonchev–Trinajstić information content (AvgIpc) is 3.18. The number of halogens is 3. The number of aromatic nitrogens is 3. The summed E-state index contributed by atoms with van der Waals surface area (Å²) in [7, 11) is 2.13. The number of hydrogen-bond acceptors (Lipinski definition) is 6. The molecule has 0 spiro atoms. The fourth-order valence-corrected chi connectivity index (χ4v) is 5.23. The van der Waals surface area contributed by atoms with Gasteiger partial charge in [0.1, 0.15) is 0 Å². The van der Waals surface area contributed by atoms with Gasteiger partial charge in [0.15, 0.2) is 11.6 Å². The summed E-state index contributed by atoms with van der Waals surface area (Å²) in [6.07, 6.45) is 1.06. The molecule has 4 aromatic rings. The zero-order chi connectivity index (χ0) is 25.3. The molecule has 1 aliphatic heterocycles. The van der Waals surface area contributed by atoms with Gasteiger partial charge in [-0.2, -0.15) is 13.2 Å². The van der Waals surface area contributed by atoms with E-state index in [1.54, 1.807) is 12.4 Å². The number of rotatable bonds is 6. The van der Waals surface area contributed by atoms with Gasteiger partial charge in [0.25, 0.3) is 0 Å². The molecule has 0 aliphatic carbocycles. The first-order valence-corrected chi connectivity index (χ1v) is 12.5. The van der Waals surface area contributed by atoms with Gasteiger partial charge in [0.2, 0.25) is 0 Å². The van der Waals surface area contributed by atoms with Crippen LogP contribution in [0.2, 0.25) is 0 Å². The van der Waals surface area contributed by atoms with E-state index in [0.717, 1.165) is 60.5 Å². The minimum atomic E-state index is -4.47. The summed E-state index contributed by atoms with van der Waals surface area (Å²) < 4.78 is 47.4. The van der Waals surface area contributed by atoms with E-state index in [9.17, 15) is 18.0 Å². The summed E-state index contributed by atoms with van der Waals surface area (Å²) in [5.74, 6) is 1.65. The lowest BCUT2D eigenvalue weighted by Crippen LogP contribution is -2.32. The number of thiazole rings is 1. The van der Waals surface area contributed by atoms with Crippen molar-refractivity contribution in [1.82, 2.24) is 19.4 Å². The lowest BCUT2D eigenvalue weighted by atomic mass is 9.98. The number of nitrogens with zero attached hydrogens (tertiary/aromatic N) is 4. The molecule has 2 aromatic heterocycles. The Labute approximate surface area is 210 Å². The molecule has 0 unspecified atom stereocenters. The molecule has 36 heavy (non-hydrogen) atoms. The Balaban J connectivity index is 1.31. The highest BCUT2D eigenvalue weighted by Crippen LogP contribution is 2.32. The van der Waals surface area contributed by atoms with E-state index >= 15 is 0 Å². The lowest BCUT2D eigenvalue weighted by molar-refractivity contribution is -0.137. The quantitative estimate of drug-likeness (QED) is 0.349. The first-order chi connectivity index (χ1) is 17.3. The molecular formula is C26H25F3N4O2S. The molecule has 1 fully saturated rings. The van der Waals surface area contributed by atoms with Gasteiger partial charge in [-0.25, -0.2) is 9.97 Å². The van der Waals surface area contributed by atoms with Gasteiger partial charge in [-0.05, 0) is 68.7 Å². The Bertz CT molecular complexity index is 1410. The third-order valence-corrected chi connectivity index (χ3v) is 7.43. The van der Waals surface area contributed by atoms with Gasteiger partial charge >= 0.3 is 11.0 Å². The zero-order valence-corrected chi connectivity index (χ0v) is 20.5. The highest BCUT2D eigenvalue weighted by molar-refractivity contribution is 7.16. The third kappa shape index (κ3) is 5.44. The van der Waals surface area contributed by atoms with Crippen molar-refractivity contribution in [2.45, 2.75) is 25.6 Å². The molecule has 0 atom stereocenters. The second-order valence-corrected chi connectivity index (χ2v) is 10.1. The van der Waals surface area contributed by atoms with Crippen molar-refractivity contribution >= 4 is 21.6 Å². The predicted molar refractivity (Wildman–Crippen MR) is 133 cm³/mol. The molecule has 6 nitrogen and oxygen atoms in total. The van der Waals surface area contributed by atoms with Crippen LogP contribution in [0.3, 0.4) is 0 Å². The van der Waals surface area contributed by atoms with Crippen LogP contribution in [0, 0.1) is 5.92 Å². The van der Waals surface area contributed by atoms with Crippen molar-refractivity contribution in [2.24, 2.45) is 5.92 Å². The van der Waals surface area contributed by atoms with Gasteiger partial charge in [-0.3, -0.25) is 9.36 Å². The van der Waals surface area contributed by atoms with E-state index in [-0.39, 0.29) is 16.9 Å². The van der Waals surface area contributed by atoms with E-state index in [2.05, 4.69) is 21.9 Å². The molecular weight excluding hydrogens is 489 g/mol. The first-order valence-electron chi connectivity index (χ1n) is 11.7. The number of alkyl halides is 3. The number of hydrogen-bond donors (Lipinski definition) is 0. The maximum absolute atomic E-state index is 13.2. The Hall–Kier alpha value is -3.24. The summed E-state index contributed by atoms with van der Waals surface area (Å²) >= 11 is 0.933. The zero-order valence-electron chi connectivity index (χ0n) is 19.7. The Morgan fingerprint density at radius 2 is 1.83 bits per heavy atom. The minimum Gasteiger partial charge on any atom is -0.490 e. The molecule has 10 heteroatoms. The molecule has 3 heterocycles. The van der Waals surface area contributed by atoms with Gasteiger partial charge < -0.3 is 9.64 Å². The van der Waals surface area contributed by atoms with Crippen LogP contribution in [-0.4, -0.2) is 46.2 Å². The number of piperidine rings is 1. The molecule has 0 radical (unpaired) electrons. The van der Waals surface area contributed by atoms with Crippen LogP contribution in [0.25, 0.3) is 21.6 Å². The molecule has 0 amide bonds. The van der Waals surface area contributed by atoms with Gasteiger partial charge in [-0.15, -0.1) is 0 Å². The topological polar surface area (TPSA) is 60.2 Å². The average molecular weight is 515 g/mol. The Kier molecular flexibility index (Phi) is 6.81. The number of ether oxygens (including phenoxy) is 1. The molecule has 5 rings (SSSR count). The summed E-state index contributed by atoms with van der Waals surface area (Å²) in [6.45, 7) is 2.95. The summed E-state index contributed by atoms with van der Waals surface area (Å²) in [5.41, 5.74) is 1.00. The molecule has 2 aromatic carbocycles. The SMILES string of the molecule is CN1CCC(COc2cnc(-c3cccc(Cn4c(=O)sc5ccc(C(F)(F)F)cc54)c3)nc2)CC1. The van der Waals surface area contributed by atoms with Crippen LogP contribution in [0.15, 0.2) is 59.7 Å². The van der Waals surface area contributed by atoms with E-state index in [0.29, 0.717) is 28.8 Å². The maximum atomic E-state index is 13.2. The van der Waals surface area contributed by atoms with Crippen LogP contribution in [0.4, 0.5) is 13.2 Å².